The van der Waals surface area contributed by atoms with E-state index < -0.39 is 0 Å². The number of carbonyl (C=O) groups is 1. The minimum Gasteiger partial charge on any atom is -0.446 e. The zero-order chi connectivity index (χ0) is 13.9. The summed E-state index contributed by atoms with van der Waals surface area (Å²) in [5, 5.41) is 0. The standard InChI is InChI=1S/C15H23N3O2/c1-12-16-11-14(20-12)6-10-17-8-4-13(5-9-17)18-7-2-3-15(18)19/h11,13H,2-10H2,1H3. The summed E-state index contributed by atoms with van der Waals surface area (Å²) in [5.74, 6) is 2.08. The third kappa shape index (κ3) is 3.03. The molecule has 2 aliphatic heterocycles. The van der Waals surface area contributed by atoms with Crippen molar-refractivity contribution in [2.45, 2.75) is 45.1 Å². The number of hydrogen-bond donors (Lipinski definition) is 0. The summed E-state index contributed by atoms with van der Waals surface area (Å²) in [6.07, 6.45) is 6.77. The van der Waals surface area contributed by atoms with E-state index in [4.69, 9.17) is 4.42 Å². The molecule has 0 aliphatic carbocycles. The molecule has 1 aromatic heterocycles. The van der Waals surface area contributed by atoms with Gasteiger partial charge in [0.1, 0.15) is 5.76 Å². The van der Waals surface area contributed by atoms with Crippen LogP contribution in [0.25, 0.3) is 0 Å². The molecular formula is C15H23N3O2. The van der Waals surface area contributed by atoms with Crippen LogP contribution in [0.1, 0.15) is 37.3 Å². The fourth-order valence-corrected chi connectivity index (χ4v) is 3.30. The van der Waals surface area contributed by atoms with Crippen molar-refractivity contribution in [2.75, 3.05) is 26.2 Å². The van der Waals surface area contributed by atoms with E-state index in [2.05, 4.69) is 14.8 Å². The van der Waals surface area contributed by atoms with E-state index in [1.807, 2.05) is 13.1 Å². The van der Waals surface area contributed by atoms with Gasteiger partial charge in [0.25, 0.3) is 0 Å². The number of amides is 1. The molecule has 3 rings (SSSR count). The van der Waals surface area contributed by atoms with Crippen LogP contribution in [0.5, 0.6) is 0 Å². The Morgan fingerprint density at radius 2 is 2.15 bits per heavy atom. The summed E-state index contributed by atoms with van der Waals surface area (Å²) in [6, 6.07) is 0.480. The molecular weight excluding hydrogens is 254 g/mol. The predicted octanol–water partition coefficient (Wildman–Crippen LogP) is 1.61. The van der Waals surface area contributed by atoms with Crippen molar-refractivity contribution in [1.82, 2.24) is 14.8 Å². The molecule has 3 heterocycles. The molecule has 2 saturated heterocycles. The second-order valence-electron chi connectivity index (χ2n) is 5.86. The van der Waals surface area contributed by atoms with Crippen LogP contribution in [0.15, 0.2) is 10.6 Å². The molecule has 1 amide bonds. The Labute approximate surface area is 119 Å². The van der Waals surface area contributed by atoms with Crippen LogP contribution in [0.3, 0.4) is 0 Å². The van der Waals surface area contributed by atoms with Crippen molar-refractivity contribution in [1.29, 1.82) is 0 Å². The normalized spacial score (nSPS) is 21.9. The molecule has 0 radical (unpaired) electrons. The van der Waals surface area contributed by atoms with E-state index in [9.17, 15) is 4.79 Å². The largest absolute Gasteiger partial charge is 0.446 e. The minimum atomic E-state index is 0.362. The highest BCUT2D eigenvalue weighted by atomic mass is 16.4. The maximum Gasteiger partial charge on any atom is 0.222 e. The third-order valence-corrected chi connectivity index (χ3v) is 4.45. The first-order valence-corrected chi connectivity index (χ1v) is 7.65. The SMILES string of the molecule is Cc1ncc(CCN2CCC(N3CCCC3=O)CC2)o1. The van der Waals surface area contributed by atoms with Gasteiger partial charge in [-0.05, 0) is 19.3 Å². The van der Waals surface area contributed by atoms with E-state index >= 15 is 0 Å². The van der Waals surface area contributed by atoms with Gasteiger partial charge >= 0.3 is 0 Å². The summed E-state index contributed by atoms with van der Waals surface area (Å²) in [7, 11) is 0. The van der Waals surface area contributed by atoms with Gasteiger partial charge in [-0.2, -0.15) is 0 Å². The van der Waals surface area contributed by atoms with Crippen molar-refractivity contribution in [3.05, 3.63) is 17.8 Å². The molecule has 0 atom stereocenters. The van der Waals surface area contributed by atoms with Crippen LogP contribution in [0.4, 0.5) is 0 Å². The molecule has 2 fully saturated rings. The van der Waals surface area contributed by atoms with Gasteiger partial charge < -0.3 is 14.2 Å². The summed E-state index contributed by atoms with van der Waals surface area (Å²) in [5.41, 5.74) is 0. The van der Waals surface area contributed by atoms with E-state index in [0.717, 1.165) is 69.9 Å². The number of oxazole rings is 1. The molecule has 5 nitrogen and oxygen atoms in total. The highest BCUT2D eigenvalue weighted by molar-refractivity contribution is 5.78. The number of rotatable bonds is 4. The monoisotopic (exact) mass is 277 g/mol. The Hall–Kier alpha value is -1.36. The first-order valence-electron chi connectivity index (χ1n) is 7.65. The fraction of sp³-hybridized carbons (Fsp3) is 0.733. The molecule has 1 aromatic rings. The zero-order valence-electron chi connectivity index (χ0n) is 12.2. The molecule has 2 aliphatic rings. The Morgan fingerprint density at radius 1 is 1.35 bits per heavy atom. The van der Waals surface area contributed by atoms with E-state index in [1.54, 1.807) is 0 Å². The number of nitrogens with zero attached hydrogens (tertiary/aromatic N) is 3. The Balaban J connectivity index is 1.43. The van der Waals surface area contributed by atoms with Crippen LogP contribution in [0.2, 0.25) is 0 Å². The van der Waals surface area contributed by atoms with Gasteiger partial charge in [0.2, 0.25) is 5.91 Å². The summed E-state index contributed by atoms with van der Waals surface area (Å²) >= 11 is 0. The number of aromatic nitrogens is 1. The quantitative estimate of drug-likeness (QED) is 0.839. The lowest BCUT2D eigenvalue weighted by atomic mass is 10.0. The number of piperidine rings is 1. The van der Waals surface area contributed by atoms with E-state index in [0.29, 0.717) is 11.9 Å². The second-order valence-corrected chi connectivity index (χ2v) is 5.86. The van der Waals surface area contributed by atoms with Crippen molar-refractivity contribution in [3.8, 4) is 0 Å². The van der Waals surface area contributed by atoms with Crippen molar-refractivity contribution in [3.63, 3.8) is 0 Å². The molecule has 0 N–H and O–H groups in total. The zero-order valence-corrected chi connectivity index (χ0v) is 12.2. The van der Waals surface area contributed by atoms with Crippen molar-refractivity contribution < 1.29 is 9.21 Å². The molecule has 5 heteroatoms. The topological polar surface area (TPSA) is 49.6 Å². The lowest BCUT2D eigenvalue weighted by molar-refractivity contribution is -0.130. The lowest BCUT2D eigenvalue weighted by Gasteiger charge is -2.36. The molecule has 0 unspecified atom stereocenters. The summed E-state index contributed by atoms with van der Waals surface area (Å²) in [4.78, 5) is 20.5. The molecule has 0 aromatic carbocycles. The van der Waals surface area contributed by atoms with E-state index in [1.165, 1.54) is 0 Å². The van der Waals surface area contributed by atoms with Gasteiger partial charge in [-0.1, -0.05) is 0 Å². The van der Waals surface area contributed by atoms with Crippen molar-refractivity contribution in [2.24, 2.45) is 0 Å². The van der Waals surface area contributed by atoms with Crippen LogP contribution in [-0.4, -0.2) is 52.9 Å². The third-order valence-electron chi connectivity index (χ3n) is 4.45. The number of likely N-dealkylation sites (tertiary alicyclic amines) is 2. The summed E-state index contributed by atoms with van der Waals surface area (Å²) in [6.45, 7) is 6.04. The first kappa shape index (κ1) is 13.6. The van der Waals surface area contributed by atoms with Crippen molar-refractivity contribution >= 4 is 5.91 Å². The number of aryl methyl sites for hydroxylation is 1. The fourth-order valence-electron chi connectivity index (χ4n) is 3.30. The average molecular weight is 277 g/mol. The van der Waals surface area contributed by atoms with Crippen LogP contribution in [-0.2, 0) is 11.2 Å². The molecule has 20 heavy (non-hydrogen) atoms. The van der Waals surface area contributed by atoms with Crippen LogP contribution < -0.4 is 0 Å². The molecule has 110 valence electrons. The maximum absolute atomic E-state index is 11.8. The predicted molar refractivity (Wildman–Crippen MR) is 75.4 cm³/mol. The molecule has 0 bridgehead atoms. The van der Waals surface area contributed by atoms with Crippen LogP contribution >= 0.6 is 0 Å². The van der Waals surface area contributed by atoms with Crippen LogP contribution in [0, 0.1) is 6.92 Å². The maximum atomic E-state index is 11.8. The van der Waals surface area contributed by atoms with Gasteiger partial charge in [-0.25, -0.2) is 4.98 Å². The van der Waals surface area contributed by atoms with Gasteiger partial charge in [-0.15, -0.1) is 0 Å². The van der Waals surface area contributed by atoms with Gasteiger partial charge in [-0.3, -0.25) is 4.79 Å². The molecule has 0 saturated carbocycles. The first-order chi connectivity index (χ1) is 9.72. The van der Waals surface area contributed by atoms with Gasteiger partial charge in [0.15, 0.2) is 5.89 Å². The Kier molecular flexibility index (Phi) is 4.05. The number of hydrogen-bond acceptors (Lipinski definition) is 4. The molecule has 0 spiro atoms. The van der Waals surface area contributed by atoms with Gasteiger partial charge in [0, 0.05) is 52.0 Å². The highest BCUT2D eigenvalue weighted by Crippen LogP contribution is 2.22. The summed E-state index contributed by atoms with van der Waals surface area (Å²) < 4.78 is 5.50. The van der Waals surface area contributed by atoms with Gasteiger partial charge in [0.05, 0.1) is 6.20 Å². The smallest absolute Gasteiger partial charge is 0.222 e. The minimum absolute atomic E-state index is 0.362. The lowest BCUT2D eigenvalue weighted by Crippen LogP contribution is -2.45. The highest BCUT2D eigenvalue weighted by Gasteiger charge is 2.30. The average Bonchev–Trinajstić information content (AvgIpc) is 3.06. The Bertz CT molecular complexity index is 463. The van der Waals surface area contributed by atoms with E-state index in [-0.39, 0.29) is 0 Å². The Morgan fingerprint density at radius 3 is 2.75 bits per heavy atom. The second kappa shape index (κ2) is 5.95. The number of carbonyl (C=O) groups excluding carboxylic acids is 1.